The van der Waals surface area contributed by atoms with Gasteiger partial charge in [-0.25, -0.2) is 0 Å². The number of esters is 6. The number of carbonyl (C=O) groups excluding carboxylic acids is 7. The van der Waals surface area contributed by atoms with Crippen LogP contribution in [0.1, 0.15) is 70.0 Å². The highest BCUT2D eigenvalue weighted by molar-refractivity contribution is 6.02. The number of benzene rings is 2. The van der Waals surface area contributed by atoms with Crippen LogP contribution >= 0.6 is 0 Å². The maximum Gasteiger partial charge on any atom is 0.308 e. The third-order valence-electron chi connectivity index (χ3n) is 7.02. The molecule has 3 unspecified atom stereocenters. The van der Waals surface area contributed by atoms with Crippen molar-refractivity contribution < 1.29 is 81.3 Å². The molecule has 6 atom stereocenters. The third kappa shape index (κ3) is 9.25. The Morgan fingerprint density at radius 2 is 1.34 bits per heavy atom. The molecule has 0 aromatic heterocycles. The fraction of sp³-hybridized carbons (Fsp3) is 0.424. The standard InChI is InChI=1S/C33H34O17/c1-14(34)42-13-28-30(45-17(4)37)31(46-18(5)38)32(47-19(6)39)33(50-28)48-21-10-22(40)29-23(41)12-25(49-27(29)11-21)20-7-8-24(43-15(2)35)26(9-20)44-16(3)36/h7-11,25,28,30-33,40H,12-13H2,1-6H3/t25?,28?,30-,31+,32?,33-/m1/s1. The van der Waals surface area contributed by atoms with Gasteiger partial charge in [0.2, 0.25) is 12.4 Å². The molecule has 2 aliphatic heterocycles. The molecule has 50 heavy (non-hydrogen) atoms. The molecular formula is C33H34O17. The van der Waals surface area contributed by atoms with E-state index >= 15 is 0 Å². The molecule has 2 aromatic carbocycles. The highest BCUT2D eigenvalue weighted by atomic mass is 16.7. The van der Waals surface area contributed by atoms with Crippen LogP contribution in [0.4, 0.5) is 0 Å². The van der Waals surface area contributed by atoms with Crippen molar-refractivity contribution in [3.05, 3.63) is 41.5 Å². The Balaban J connectivity index is 1.70. The Morgan fingerprint density at radius 3 is 1.94 bits per heavy atom. The Hall–Kier alpha value is -5.71. The second-order valence-corrected chi connectivity index (χ2v) is 11.1. The molecule has 4 rings (SSSR count). The average molecular weight is 703 g/mol. The van der Waals surface area contributed by atoms with Crippen LogP contribution in [0.2, 0.25) is 0 Å². The van der Waals surface area contributed by atoms with Crippen LogP contribution in [0.15, 0.2) is 30.3 Å². The van der Waals surface area contributed by atoms with Crippen LogP contribution in [-0.4, -0.2) is 84.0 Å². The molecule has 268 valence electrons. The number of hydrogen-bond acceptors (Lipinski definition) is 17. The number of fused-ring (bicyclic) bond motifs is 1. The first-order valence-corrected chi connectivity index (χ1v) is 15.1. The number of ether oxygens (including phenoxy) is 9. The van der Waals surface area contributed by atoms with Crippen LogP contribution in [0.3, 0.4) is 0 Å². The average Bonchev–Trinajstić information content (AvgIpc) is 2.98. The SMILES string of the molecule is CC(=O)OCC1O[C@@H](Oc2cc(O)c3c(c2)OC(c2ccc(OC(C)=O)c(OC(C)=O)c2)CC3=O)C(OC(C)=O)[C@@H](OC(C)=O)[C@@H]1OC(C)=O. The van der Waals surface area contributed by atoms with E-state index in [1.807, 2.05) is 0 Å². The summed E-state index contributed by atoms with van der Waals surface area (Å²) in [6, 6.07) is 6.53. The maximum atomic E-state index is 13.2. The highest BCUT2D eigenvalue weighted by Gasteiger charge is 2.53. The Labute approximate surface area is 284 Å². The van der Waals surface area contributed by atoms with Crippen molar-refractivity contribution in [1.29, 1.82) is 0 Å². The molecule has 0 bridgehead atoms. The predicted molar refractivity (Wildman–Crippen MR) is 162 cm³/mol. The van der Waals surface area contributed by atoms with E-state index in [4.69, 9.17) is 42.6 Å². The van der Waals surface area contributed by atoms with Gasteiger partial charge in [0, 0.05) is 53.7 Å². The van der Waals surface area contributed by atoms with E-state index in [1.165, 1.54) is 31.2 Å². The van der Waals surface area contributed by atoms with Gasteiger partial charge in [-0.1, -0.05) is 6.07 Å². The van der Waals surface area contributed by atoms with Gasteiger partial charge >= 0.3 is 35.8 Å². The topological polar surface area (TPSA) is 223 Å². The monoisotopic (exact) mass is 702 g/mol. The third-order valence-corrected chi connectivity index (χ3v) is 7.02. The Bertz CT molecular complexity index is 1700. The minimum Gasteiger partial charge on any atom is -0.507 e. The first-order valence-electron chi connectivity index (χ1n) is 15.1. The van der Waals surface area contributed by atoms with Crippen LogP contribution in [0, 0.1) is 0 Å². The van der Waals surface area contributed by atoms with Crippen molar-refractivity contribution in [3.63, 3.8) is 0 Å². The summed E-state index contributed by atoms with van der Waals surface area (Å²) < 4.78 is 49.5. The van der Waals surface area contributed by atoms with Crippen LogP contribution in [-0.2, 0) is 52.5 Å². The molecule has 1 saturated heterocycles. The summed E-state index contributed by atoms with van der Waals surface area (Å²) in [4.78, 5) is 84.4. The normalized spacial score (nSPS) is 22.5. The molecule has 0 aliphatic carbocycles. The summed E-state index contributed by atoms with van der Waals surface area (Å²) in [7, 11) is 0. The molecule has 17 heteroatoms. The van der Waals surface area contributed by atoms with E-state index in [0.717, 1.165) is 40.7 Å². The molecule has 2 aromatic rings. The van der Waals surface area contributed by atoms with Gasteiger partial charge in [-0.05, 0) is 17.7 Å². The largest absolute Gasteiger partial charge is 0.507 e. The maximum absolute atomic E-state index is 13.2. The fourth-order valence-electron chi connectivity index (χ4n) is 5.29. The number of Topliss-reactive ketones (excluding diaryl/α,β-unsaturated/α-hetero) is 1. The van der Waals surface area contributed by atoms with E-state index in [9.17, 15) is 38.7 Å². The van der Waals surface area contributed by atoms with E-state index in [-0.39, 0.29) is 35.0 Å². The fourth-order valence-corrected chi connectivity index (χ4v) is 5.29. The second kappa shape index (κ2) is 15.7. The van der Waals surface area contributed by atoms with Gasteiger partial charge in [-0.3, -0.25) is 33.6 Å². The number of ketones is 1. The van der Waals surface area contributed by atoms with Crippen LogP contribution in [0.5, 0.6) is 28.7 Å². The van der Waals surface area contributed by atoms with Crippen molar-refractivity contribution in [1.82, 2.24) is 0 Å². The molecule has 17 nitrogen and oxygen atoms in total. The van der Waals surface area contributed by atoms with E-state index in [1.54, 1.807) is 0 Å². The lowest BCUT2D eigenvalue weighted by molar-refractivity contribution is -0.288. The molecule has 2 heterocycles. The minimum atomic E-state index is -1.64. The van der Waals surface area contributed by atoms with Gasteiger partial charge < -0.3 is 47.7 Å². The summed E-state index contributed by atoms with van der Waals surface area (Å²) in [5, 5.41) is 10.9. The molecule has 2 aliphatic rings. The van der Waals surface area contributed by atoms with E-state index in [0.29, 0.717) is 5.56 Å². The molecule has 1 N–H and O–H groups in total. The van der Waals surface area contributed by atoms with Crippen molar-refractivity contribution >= 4 is 41.6 Å². The van der Waals surface area contributed by atoms with Gasteiger partial charge in [-0.2, -0.15) is 0 Å². The summed E-state index contributed by atoms with van der Waals surface area (Å²) >= 11 is 0. The predicted octanol–water partition coefficient (Wildman–Crippen LogP) is 2.41. The van der Waals surface area contributed by atoms with Gasteiger partial charge in [0.15, 0.2) is 29.5 Å². The first kappa shape index (κ1) is 37.1. The smallest absolute Gasteiger partial charge is 0.308 e. The summed E-state index contributed by atoms with van der Waals surface area (Å²) in [6.45, 7) is 6.14. The zero-order valence-electron chi connectivity index (χ0n) is 27.7. The zero-order valence-corrected chi connectivity index (χ0v) is 27.7. The number of phenolic OH excluding ortho intramolecular Hbond substituents is 1. The molecular weight excluding hydrogens is 668 g/mol. The lowest BCUT2D eigenvalue weighted by atomic mass is 9.95. The van der Waals surface area contributed by atoms with E-state index < -0.39 is 90.8 Å². The van der Waals surface area contributed by atoms with Gasteiger partial charge in [0.05, 0.1) is 6.42 Å². The Kier molecular flexibility index (Phi) is 11.6. The van der Waals surface area contributed by atoms with Gasteiger partial charge in [-0.15, -0.1) is 0 Å². The lowest BCUT2D eigenvalue weighted by Crippen LogP contribution is -2.63. The second-order valence-electron chi connectivity index (χ2n) is 11.1. The van der Waals surface area contributed by atoms with Crippen molar-refractivity contribution in [2.24, 2.45) is 0 Å². The summed E-state index contributed by atoms with van der Waals surface area (Å²) in [5.74, 6) is -6.13. The minimum absolute atomic E-state index is 0.0443. The molecule has 1 fully saturated rings. The van der Waals surface area contributed by atoms with Crippen molar-refractivity contribution in [3.8, 4) is 28.7 Å². The quantitative estimate of drug-likeness (QED) is 0.213. The van der Waals surface area contributed by atoms with Crippen molar-refractivity contribution in [2.75, 3.05) is 6.61 Å². The highest BCUT2D eigenvalue weighted by Crippen LogP contribution is 2.44. The molecule has 0 radical (unpaired) electrons. The zero-order chi connectivity index (χ0) is 36.9. The van der Waals surface area contributed by atoms with Crippen LogP contribution < -0.4 is 18.9 Å². The van der Waals surface area contributed by atoms with Crippen LogP contribution in [0.25, 0.3) is 0 Å². The molecule has 0 saturated carbocycles. The number of aromatic hydroxyl groups is 1. The molecule has 0 spiro atoms. The lowest BCUT2D eigenvalue weighted by Gasteiger charge is -2.44. The molecule has 0 amide bonds. The summed E-state index contributed by atoms with van der Waals surface area (Å²) in [6.07, 6.45) is -8.68. The number of hydrogen-bond donors (Lipinski definition) is 1. The Morgan fingerprint density at radius 1 is 0.740 bits per heavy atom. The van der Waals surface area contributed by atoms with Gasteiger partial charge in [0.25, 0.3) is 0 Å². The number of rotatable bonds is 10. The van der Waals surface area contributed by atoms with Gasteiger partial charge in [0.1, 0.15) is 41.6 Å². The number of phenols is 1. The first-order chi connectivity index (χ1) is 23.5. The van der Waals surface area contributed by atoms with Crippen molar-refractivity contribution in [2.45, 2.75) is 84.8 Å². The number of carbonyl (C=O) groups is 7. The van der Waals surface area contributed by atoms with E-state index in [2.05, 4.69) is 0 Å². The summed E-state index contributed by atoms with van der Waals surface area (Å²) in [5.41, 5.74) is 0.174.